The molecule has 0 radical (unpaired) electrons. The molecule has 2 rings (SSSR count). The summed E-state index contributed by atoms with van der Waals surface area (Å²) in [6.45, 7) is 4.94. The summed E-state index contributed by atoms with van der Waals surface area (Å²) in [6.07, 6.45) is 1.61. The first-order valence-electron chi connectivity index (χ1n) is 7.49. The molecule has 1 aromatic heterocycles. The Morgan fingerprint density at radius 2 is 2.12 bits per heavy atom. The third kappa shape index (κ3) is 3.96. The summed E-state index contributed by atoms with van der Waals surface area (Å²) in [7, 11) is 1.70. The van der Waals surface area contributed by atoms with Crippen LogP contribution in [0.25, 0.3) is 5.69 Å². The Hall–Kier alpha value is -2.74. The molecule has 128 valence electrons. The van der Waals surface area contributed by atoms with Crippen LogP contribution in [0.15, 0.2) is 36.5 Å². The van der Waals surface area contributed by atoms with Gasteiger partial charge in [0, 0.05) is 31.9 Å². The van der Waals surface area contributed by atoms with Crippen LogP contribution in [0.3, 0.4) is 0 Å². The molecular formula is C16H21N5O3. The number of aromatic nitrogens is 2. The van der Waals surface area contributed by atoms with Gasteiger partial charge in [0.05, 0.1) is 10.6 Å². The van der Waals surface area contributed by atoms with Gasteiger partial charge in [0.25, 0.3) is 11.6 Å². The Morgan fingerprint density at radius 3 is 2.75 bits per heavy atom. The van der Waals surface area contributed by atoms with E-state index in [4.69, 9.17) is 5.73 Å². The van der Waals surface area contributed by atoms with Gasteiger partial charge >= 0.3 is 0 Å². The third-order valence-electron chi connectivity index (χ3n) is 3.68. The van der Waals surface area contributed by atoms with Crippen LogP contribution in [-0.2, 0) is 0 Å². The third-order valence-corrected chi connectivity index (χ3v) is 3.68. The number of carbonyl (C=O) groups is 1. The zero-order chi connectivity index (χ0) is 17.9. The maximum absolute atomic E-state index is 12.5. The number of benzene rings is 1. The normalized spacial score (nSPS) is 11.3. The number of amides is 1. The van der Waals surface area contributed by atoms with Crippen LogP contribution in [0.1, 0.15) is 24.3 Å². The van der Waals surface area contributed by atoms with E-state index >= 15 is 0 Å². The molecule has 1 aromatic carbocycles. The molecule has 0 aliphatic carbocycles. The number of nitro benzene ring substituents is 1. The van der Waals surface area contributed by atoms with Crippen molar-refractivity contribution in [2.45, 2.75) is 13.8 Å². The van der Waals surface area contributed by atoms with Gasteiger partial charge in [-0.05, 0) is 24.1 Å². The minimum Gasteiger partial charge on any atom is -0.340 e. The maximum atomic E-state index is 12.5. The summed E-state index contributed by atoms with van der Waals surface area (Å²) in [5.41, 5.74) is 6.28. The first kappa shape index (κ1) is 17.6. The van der Waals surface area contributed by atoms with Crippen molar-refractivity contribution in [3.63, 3.8) is 0 Å². The molecule has 24 heavy (non-hydrogen) atoms. The van der Waals surface area contributed by atoms with E-state index in [1.54, 1.807) is 36.3 Å². The lowest BCUT2D eigenvalue weighted by Crippen LogP contribution is -2.39. The number of hydrogen-bond donors (Lipinski definition) is 1. The molecule has 0 saturated heterocycles. The molecular weight excluding hydrogens is 310 g/mol. The Morgan fingerprint density at radius 1 is 1.42 bits per heavy atom. The van der Waals surface area contributed by atoms with Crippen molar-refractivity contribution in [1.82, 2.24) is 14.7 Å². The molecule has 1 heterocycles. The highest BCUT2D eigenvalue weighted by atomic mass is 16.6. The molecule has 8 heteroatoms. The number of nitrogens with two attached hydrogens (primary N) is 1. The van der Waals surface area contributed by atoms with E-state index in [9.17, 15) is 14.9 Å². The summed E-state index contributed by atoms with van der Waals surface area (Å²) in [5, 5.41) is 15.1. The zero-order valence-corrected chi connectivity index (χ0v) is 14.0. The summed E-state index contributed by atoms with van der Waals surface area (Å²) < 4.78 is 1.45. The SMILES string of the molecule is CN(CC(C)(C)CN)C(=O)c1ccn(-c2cccc([N+](=O)[O-])c2)n1. The van der Waals surface area contributed by atoms with Gasteiger partial charge in [-0.15, -0.1) is 0 Å². The first-order chi connectivity index (χ1) is 11.2. The molecule has 0 bridgehead atoms. The molecule has 0 aliphatic heterocycles. The van der Waals surface area contributed by atoms with Crippen molar-refractivity contribution in [3.8, 4) is 5.69 Å². The lowest BCUT2D eigenvalue weighted by atomic mass is 9.93. The molecule has 0 unspecified atom stereocenters. The fraction of sp³-hybridized carbons (Fsp3) is 0.375. The van der Waals surface area contributed by atoms with Crippen molar-refractivity contribution in [3.05, 3.63) is 52.3 Å². The largest absolute Gasteiger partial charge is 0.340 e. The van der Waals surface area contributed by atoms with Crippen LogP contribution in [-0.4, -0.2) is 45.6 Å². The maximum Gasteiger partial charge on any atom is 0.274 e. The minimum absolute atomic E-state index is 0.0299. The van der Waals surface area contributed by atoms with Gasteiger partial charge < -0.3 is 10.6 Å². The minimum atomic E-state index is -0.470. The van der Waals surface area contributed by atoms with Gasteiger partial charge in [0.2, 0.25) is 0 Å². The van der Waals surface area contributed by atoms with E-state index < -0.39 is 4.92 Å². The lowest BCUT2D eigenvalue weighted by Gasteiger charge is -2.28. The summed E-state index contributed by atoms with van der Waals surface area (Å²) in [5.74, 6) is -0.222. The summed E-state index contributed by atoms with van der Waals surface area (Å²) in [4.78, 5) is 24.4. The number of rotatable bonds is 6. The molecule has 2 aromatic rings. The molecule has 0 spiro atoms. The topological polar surface area (TPSA) is 107 Å². The number of non-ortho nitro benzene ring substituents is 1. The average molecular weight is 331 g/mol. The molecule has 1 amide bonds. The van der Waals surface area contributed by atoms with Gasteiger partial charge in [0.15, 0.2) is 5.69 Å². The van der Waals surface area contributed by atoms with Crippen molar-refractivity contribution in [2.75, 3.05) is 20.1 Å². The fourth-order valence-electron chi connectivity index (χ4n) is 2.30. The van der Waals surface area contributed by atoms with Crippen molar-refractivity contribution >= 4 is 11.6 Å². The Kier molecular flexibility index (Phi) is 4.99. The average Bonchev–Trinajstić information content (AvgIpc) is 3.03. The standard InChI is InChI=1S/C16H21N5O3/c1-16(2,10-17)11-19(3)15(22)14-7-8-20(18-14)12-5-4-6-13(9-12)21(23)24/h4-9H,10-11,17H2,1-3H3. The highest BCUT2D eigenvalue weighted by Gasteiger charge is 2.23. The second-order valence-corrected chi connectivity index (χ2v) is 6.45. The highest BCUT2D eigenvalue weighted by Crippen LogP contribution is 2.18. The number of nitro groups is 1. The van der Waals surface area contributed by atoms with E-state index in [1.165, 1.54) is 16.8 Å². The summed E-state index contributed by atoms with van der Waals surface area (Å²) >= 11 is 0. The van der Waals surface area contributed by atoms with E-state index in [1.807, 2.05) is 13.8 Å². The van der Waals surface area contributed by atoms with Gasteiger partial charge in [-0.25, -0.2) is 4.68 Å². The zero-order valence-electron chi connectivity index (χ0n) is 14.0. The molecule has 0 saturated carbocycles. The number of nitrogens with zero attached hydrogens (tertiary/aromatic N) is 4. The highest BCUT2D eigenvalue weighted by molar-refractivity contribution is 5.92. The smallest absolute Gasteiger partial charge is 0.274 e. The molecule has 2 N–H and O–H groups in total. The van der Waals surface area contributed by atoms with Gasteiger partial charge in [-0.3, -0.25) is 14.9 Å². The Labute approximate surface area is 140 Å². The van der Waals surface area contributed by atoms with Crippen molar-refractivity contribution in [1.29, 1.82) is 0 Å². The predicted molar refractivity (Wildman–Crippen MR) is 90.0 cm³/mol. The summed E-state index contributed by atoms with van der Waals surface area (Å²) in [6, 6.07) is 7.67. The van der Waals surface area contributed by atoms with Crippen LogP contribution >= 0.6 is 0 Å². The molecule has 0 fully saturated rings. The van der Waals surface area contributed by atoms with Gasteiger partial charge in [-0.1, -0.05) is 19.9 Å². The Bertz CT molecular complexity index is 754. The van der Waals surface area contributed by atoms with Crippen molar-refractivity contribution < 1.29 is 9.72 Å². The first-order valence-corrected chi connectivity index (χ1v) is 7.49. The fourth-order valence-corrected chi connectivity index (χ4v) is 2.30. The van der Waals surface area contributed by atoms with Crippen LogP contribution in [0.5, 0.6) is 0 Å². The van der Waals surface area contributed by atoms with Crippen LogP contribution < -0.4 is 5.73 Å². The Balaban J connectivity index is 2.20. The second-order valence-electron chi connectivity index (χ2n) is 6.45. The van der Waals surface area contributed by atoms with E-state index in [-0.39, 0.29) is 22.7 Å². The lowest BCUT2D eigenvalue weighted by molar-refractivity contribution is -0.384. The molecule has 8 nitrogen and oxygen atoms in total. The monoisotopic (exact) mass is 331 g/mol. The van der Waals surface area contributed by atoms with E-state index in [2.05, 4.69) is 5.10 Å². The van der Waals surface area contributed by atoms with E-state index in [0.717, 1.165) is 0 Å². The van der Waals surface area contributed by atoms with Crippen molar-refractivity contribution in [2.24, 2.45) is 11.1 Å². The molecule has 0 atom stereocenters. The second kappa shape index (κ2) is 6.79. The van der Waals surface area contributed by atoms with Gasteiger partial charge in [0.1, 0.15) is 0 Å². The van der Waals surface area contributed by atoms with E-state index in [0.29, 0.717) is 18.8 Å². The van der Waals surface area contributed by atoms with Crippen LogP contribution in [0, 0.1) is 15.5 Å². The quantitative estimate of drug-likeness (QED) is 0.642. The number of carbonyl (C=O) groups excluding carboxylic acids is 1. The number of hydrogen-bond acceptors (Lipinski definition) is 5. The predicted octanol–water partition coefficient (Wildman–Crippen LogP) is 1.84. The van der Waals surface area contributed by atoms with Gasteiger partial charge in [-0.2, -0.15) is 5.10 Å². The molecule has 0 aliphatic rings. The van der Waals surface area contributed by atoms with Crippen LogP contribution in [0.2, 0.25) is 0 Å². The van der Waals surface area contributed by atoms with Crippen LogP contribution in [0.4, 0.5) is 5.69 Å².